The van der Waals surface area contributed by atoms with Crippen LogP contribution in [-0.2, 0) is 0 Å². The monoisotopic (exact) mass is 491 g/mol. The lowest BCUT2D eigenvalue weighted by Crippen LogP contribution is -2.45. The first-order valence-electron chi connectivity index (χ1n) is 11.5. The van der Waals surface area contributed by atoms with Gasteiger partial charge in [0, 0.05) is 24.2 Å². The van der Waals surface area contributed by atoms with Crippen LogP contribution in [0.5, 0.6) is 0 Å². The molecule has 1 N–H and O–H groups in total. The maximum atomic E-state index is 13.8. The Hall–Kier alpha value is -3.04. The maximum absolute atomic E-state index is 13.8. The van der Waals surface area contributed by atoms with Crippen molar-refractivity contribution in [3.63, 3.8) is 0 Å². The van der Waals surface area contributed by atoms with E-state index in [-0.39, 0.29) is 23.9 Å². The van der Waals surface area contributed by atoms with Crippen molar-refractivity contribution >= 4 is 39.4 Å². The number of hydrogen-bond acceptors (Lipinski definition) is 6. The van der Waals surface area contributed by atoms with Crippen LogP contribution in [0.25, 0.3) is 15.4 Å². The van der Waals surface area contributed by atoms with E-state index in [9.17, 15) is 9.59 Å². The number of piperidine rings is 1. The molecule has 1 aliphatic carbocycles. The van der Waals surface area contributed by atoms with Gasteiger partial charge < -0.3 is 10.2 Å². The van der Waals surface area contributed by atoms with E-state index in [1.165, 1.54) is 11.3 Å². The molecule has 34 heavy (non-hydrogen) atoms. The molecule has 9 heteroatoms. The first-order valence-corrected chi connectivity index (χ1v) is 13.2. The molecule has 7 nitrogen and oxygen atoms in total. The quantitative estimate of drug-likeness (QED) is 0.447. The SMILES string of the molecule is Cc1cccc(-c2sc(C)nc2C(=O)N2C(CNC(=O)c3c(C)nc4sccn34)CC3CC32)c1. The van der Waals surface area contributed by atoms with E-state index in [4.69, 9.17) is 0 Å². The van der Waals surface area contributed by atoms with E-state index in [0.29, 0.717) is 29.5 Å². The molecule has 2 aliphatic rings. The Labute approximate surface area is 205 Å². The topological polar surface area (TPSA) is 79.6 Å². The summed E-state index contributed by atoms with van der Waals surface area (Å²) in [5, 5.41) is 5.88. The van der Waals surface area contributed by atoms with Crippen molar-refractivity contribution in [2.75, 3.05) is 6.54 Å². The summed E-state index contributed by atoms with van der Waals surface area (Å²) in [6.07, 6.45) is 3.82. The molecule has 2 fully saturated rings. The number of thiazole rings is 2. The van der Waals surface area contributed by atoms with Gasteiger partial charge in [-0.3, -0.25) is 14.0 Å². The van der Waals surface area contributed by atoms with Gasteiger partial charge in [-0.2, -0.15) is 0 Å². The highest BCUT2D eigenvalue weighted by Gasteiger charge is 2.54. The van der Waals surface area contributed by atoms with Crippen molar-refractivity contribution in [3.8, 4) is 10.4 Å². The van der Waals surface area contributed by atoms with E-state index >= 15 is 0 Å². The van der Waals surface area contributed by atoms with Gasteiger partial charge in [0.2, 0.25) is 0 Å². The second-order valence-electron chi connectivity index (χ2n) is 9.26. The number of rotatable bonds is 5. The predicted octanol–water partition coefficient (Wildman–Crippen LogP) is 4.48. The molecule has 3 aromatic heterocycles. The van der Waals surface area contributed by atoms with Crippen LogP contribution < -0.4 is 5.32 Å². The number of nitrogens with zero attached hydrogens (tertiary/aromatic N) is 4. The van der Waals surface area contributed by atoms with Crippen LogP contribution in [-0.4, -0.2) is 49.7 Å². The number of nitrogens with one attached hydrogen (secondary N) is 1. The highest BCUT2D eigenvalue weighted by molar-refractivity contribution is 7.15. The number of amides is 2. The highest BCUT2D eigenvalue weighted by atomic mass is 32.1. The fraction of sp³-hybridized carbons (Fsp3) is 0.360. The number of aryl methyl sites for hydroxylation is 3. The Morgan fingerprint density at radius 3 is 2.85 bits per heavy atom. The molecule has 3 unspecified atom stereocenters. The summed E-state index contributed by atoms with van der Waals surface area (Å²) in [6.45, 7) is 6.28. The number of hydrogen-bond donors (Lipinski definition) is 1. The summed E-state index contributed by atoms with van der Waals surface area (Å²) in [5.41, 5.74) is 3.99. The average molecular weight is 492 g/mol. The number of benzene rings is 1. The molecule has 174 valence electrons. The zero-order valence-corrected chi connectivity index (χ0v) is 20.9. The maximum Gasteiger partial charge on any atom is 0.274 e. The van der Waals surface area contributed by atoms with E-state index < -0.39 is 0 Å². The van der Waals surface area contributed by atoms with Crippen molar-refractivity contribution in [2.24, 2.45) is 5.92 Å². The Morgan fingerprint density at radius 1 is 1.18 bits per heavy atom. The molecule has 3 atom stereocenters. The molecule has 0 spiro atoms. The molecule has 1 aromatic carbocycles. The minimum atomic E-state index is -0.152. The van der Waals surface area contributed by atoms with Crippen molar-refractivity contribution in [3.05, 3.63) is 63.5 Å². The zero-order chi connectivity index (χ0) is 23.6. The van der Waals surface area contributed by atoms with Gasteiger partial charge in [0.25, 0.3) is 11.8 Å². The fourth-order valence-corrected chi connectivity index (χ4v) is 6.86. The van der Waals surface area contributed by atoms with Crippen LogP contribution >= 0.6 is 22.7 Å². The van der Waals surface area contributed by atoms with Gasteiger partial charge in [0.05, 0.1) is 21.6 Å². The van der Waals surface area contributed by atoms with Crippen molar-refractivity contribution in [1.29, 1.82) is 0 Å². The number of imidazole rings is 1. The van der Waals surface area contributed by atoms with Crippen LogP contribution in [0.2, 0.25) is 0 Å². The second-order valence-corrected chi connectivity index (χ2v) is 11.3. The van der Waals surface area contributed by atoms with Gasteiger partial charge in [-0.05, 0) is 45.1 Å². The normalized spacial score (nSPS) is 21.1. The van der Waals surface area contributed by atoms with E-state index in [2.05, 4.69) is 34.3 Å². The molecule has 2 amide bonds. The molecule has 4 aromatic rings. The van der Waals surface area contributed by atoms with Crippen molar-refractivity contribution in [1.82, 2.24) is 24.6 Å². The predicted molar refractivity (Wildman–Crippen MR) is 134 cm³/mol. The summed E-state index contributed by atoms with van der Waals surface area (Å²) < 4.78 is 1.83. The summed E-state index contributed by atoms with van der Waals surface area (Å²) in [7, 11) is 0. The van der Waals surface area contributed by atoms with Crippen LogP contribution in [0, 0.1) is 26.7 Å². The highest BCUT2D eigenvalue weighted by Crippen LogP contribution is 2.48. The van der Waals surface area contributed by atoms with Gasteiger partial charge >= 0.3 is 0 Å². The van der Waals surface area contributed by atoms with E-state index in [0.717, 1.165) is 38.8 Å². The standard InChI is InChI=1S/C25H25N5O2S2/c1-13-5-4-6-16(9-13)22-20(28-15(3)34-22)24(32)30-18(10-17-11-19(17)30)12-26-23(31)21-14(2)27-25-29(21)7-8-33-25/h4-9,17-19H,10-12H2,1-3H3,(H,26,31). The lowest BCUT2D eigenvalue weighted by atomic mass is 10.1. The molecular formula is C25H25N5O2S2. The third-order valence-corrected chi connectivity index (χ3v) is 8.59. The molecule has 4 heterocycles. The van der Waals surface area contributed by atoms with Crippen LogP contribution in [0.4, 0.5) is 0 Å². The zero-order valence-electron chi connectivity index (χ0n) is 19.2. The summed E-state index contributed by atoms with van der Waals surface area (Å²) in [6, 6.07) is 8.43. The van der Waals surface area contributed by atoms with E-state index in [1.807, 2.05) is 46.9 Å². The van der Waals surface area contributed by atoms with Crippen LogP contribution in [0.1, 0.15) is 50.1 Å². The van der Waals surface area contributed by atoms with E-state index in [1.54, 1.807) is 11.3 Å². The third kappa shape index (κ3) is 3.54. The van der Waals surface area contributed by atoms with Gasteiger partial charge in [0.1, 0.15) is 11.4 Å². The van der Waals surface area contributed by atoms with Gasteiger partial charge in [-0.25, -0.2) is 9.97 Å². The lowest BCUT2D eigenvalue weighted by molar-refractivity contribution is 0.0684. The molecule has 1 saturated carbocycles. The fourth-order valence-electron chi connectivity index (χ4n) is 5.20. The van der Waals surface area contributed by atoms with Gasteiger partial charge in [0.15, 0.2) is 4.96 Å². The minimum Gasteiger partial charge on any atom is -0.349 e. The minimum absolute atomic E-state index is 0.0223. The Balaban J connectivity index is 1.24. The van der Waals surface area contributed by atoms with Crippen LogP contribution in [0.15, 0.2) is 35.8 Å². The number of fused-ring (bicyclic) bond motifs is 2. The Bertz CT molecular complexity index is 1430. The average Bonchev–Trinajstić information content (AvgIpc) is 3.16. The molecular weight excluding hydrogens is 466 g/mol. The Morgan fingerprint density at radius 2 is 2.03 bits per heavy atom. The summed E-state index contributed by atoms with van der Waals surface area (Å²) >= 11 is 3.07. The molecule has 6 rings (SSSR count). The number of likely N-dealkylation sites (tertiary alicyclic amines) is 1. The van der Waals surface area contributed by atoms with Gasteiger partial charge in [-0.1, -0.05) is 29.8 Å². The molecule has 1 aliphatic heterocycles. The summed E-state index contributed by atoms with van der Waals surface area (Å²) in [4.78, 5) is 39.7. The van der Waals surface area contributed by atoms with Crippen LogP contribution in [0.3, 0.4) is 0 Å². The number of carbonyl (C=O) groups excluding carboxylic acids is 2. The largest absolute Gasteiger partial charge is 0.349 e. The Kier molecular flexibility index (Phi) is 5.07. The summed E-state index contributed by atoms with van der Waals surface area (Å²) in [5.74, 6) is 0.348. The van der Waals surface area contributed by atoms with Crippen molar-refractivity contribution in [2.45, 2.75) is 45.7 Å². The molecule has 0 radical (unpaired) electrons. The van der Waals surface area contributed by atoms with Crippen molar-refractivity contribution < 1.29 is 9.59 Å². The molecule has 0 bridgehead atoms. The lowest BCUT2D eigenvalue weighted by Gasteiger charge is -2.27. The third-order valence-electron chi connectivity index (χ3n) is 6.81. The first-order chi connectivity index (χ1) is 16.4. The number of aromatic nitrogens is 3. The smallest absolute Gasteiger partial charge is 0.274 e. The van der Waals surface area contributed by atoms with Gasteiger partial charge in [-0.15, -0.1) is 22.7 Å². The second kappa shape index (κ2) is 8.02. The molecule has 1 saturated heterocycles. The first kappa shape index (κ1) is 21.5. The number of carbonyl (C=O) groups is 2.